The summed E-state index contributed by atoms with van der Waals surface area (Å²) in [4.78, 5) is 19.9. The van der Waals surface area contributed by atoms with Crippen molar-refractivity contribution >= 4 is 23.1 Å². The second kappa shape index (κ2) is 4.92. The van der Waals surface area contributed by atoms with E-state index in [9.17, 15) is 4.79 Å². The molecule has 0 spiro atoms. The van der Waals surface area contributed by atoms with Crippen LogP contribution in [0, 0.1) is 6.92 Å². The quantitative estimate of drug-likeness (QED) is 0.859. The van der Waals surface area contributed by atoms with E-state index in [-0.39, 0.29) is 5.91 Å². The minimum absolute atomic E-state index is 0.245. The number of hydrogen-bond acceptors (Lipinski definition) is 5. The summed E-state index contributed by atoms with van der Waals surface area (Å²) in [5.74, 6) is 0.0906. The molecular formula is C11H12N4OS. The van der Waals surface area contributed by atoms with Crippen LogP contribution in [0.3, 0.4) is 0 Å². The largest absolute Gasteiger partial charge is 0.384 e. The Morgan fingerprint density at radius 1 is 1.47 bits per heavy atom. The number of nitrogen functional groups attached to an aromatic ring is 1. The molecule has 0 radical (unpaired) electrons. The Hall–Kier alpha value is -1.95. The minimum atomic E-state index is -0.245. The SMILES string of the molecule is Cc1csc(CNC(=O)c2cccc(N)n2)n1. The van der Waals surface area contributed by atoms with Crippen LogP contribution in [0.25, 0.3) is 0 Å². The zero-order chi connectivity index (χ0) is 12.3. The number of hydrogen-bond donors (Lipinski definition) is 2. The first-order valence-corrected chi connectivity index (χ1v) is 5.95. The van der Waals surface area contributed by atoms with Gasteiger partial charge in [0.15, 0.2) is 0 Å². The molecule has 0 fully saturated rings. The summed E-state index contributed by atoms with van der Waals surface area (Å²) in [6.07, 6.45) is 0. The summed E-state index contributed by atoms with van der Waals surface area (Å²) < 4.78 is 0. The lowest BCUT2D eigenvalue weighted by Gasteiger charge is -2.02. The molecule has 0 saturated heterocycles. The molecule has 0 aliphatic heterocycles. The smallest absolute Gasteiger partial charge is 0.270 e. The van der Waals surface area contributed by atoms with Crippen molar-refractivity contribution in [2.45, 2.75) is 13.5 Å². The van der Waals surface area contributed by atoms with Gasteiger partial charge in [0.25, 0.3) is 5.91 Å². The molecule has 88 valence electrons. The van der Waals surface area contributed by atoms with E-state index in [1.165, 1.54) is 11.3 Å². The molecule has 0 bridgehead atoms. The van der Waals surface area contributed by atoms with Gasteiger partial charge in [0.2, 0.25) is 0 Å². The number of carbonyl (C=O) groups excluding carboxylic acids is 1. The molecule has 2 aromatic rings. The van der Waals surface area contributed by atoms with Gasteiger partial charge >= 0.3 is 0 Å². The summed E-state index contributed by atoms with van der Waals surface area (Å²) in [6.45, 7) is 2.33. The summed E-state index contributed by atoms with van der Waals surface area (Å²) in [5, 5.41) is 5.57. The van der Waals surface area contributed by atoms with Crippen LogP contribution < -0.4 is 11.1 Å². The monoisotopic (exact) mass is 248 g/mol. The van der Waals surface area contributed by atoms with Crippen LogP contribution >= 0.6 is 11.3 Å². The predicted molar refractivity (Wildman–Crippen MR) is 66.7 cm³/mol. The van der Waals surface area contributed by atoms with Gasteiger partial charge in [-0.25, -0.2) is 9.97 Å². The highest BCUT2D eigenvalue weighted by Crippen LogP contribution is 2.08. The highest BCUT2D eigenvalue weighted by Gasteiger charge is 2.07. The molecule has 0 aliphatic carbocycles. The lowest BCUT2D eigenvalue weighted by molar-refractivity contribution is 0.0946. The fourth-order valence-corrected chi connectivity index (χ4v) is 2.02. The topological polar surface area (TPSA) is 80.9 Å². The molecule has 2 heterocycles. The fourth-order valence-electron chi connectivity index (χ4n) is 1.31. The first-order valence-electron chi connectivity index (χ1n) is 5.07. The van der Waals surface area contributed by atoms with Crippen molar-refractivity contribution in [3.05, 3.63) is 40.0 Å². The molecule has 5 nitrogen and oxygen atoms in total. The molecule has 0 aromatic carbocycles. The van der Waals surface area contributed by atoms with E-state index in [0.717, 1.165) is 10.7 Å². The van der Waals surface area contributed by atoms with Crippen molar-refractivity contribution in [3.8, 4) is 0 Å². The second-order valence-electron chi connectivity index (χ2n) is 3.51. The number of carbonyl (C=O) groups is 1. The molecule has 2 rings (SSSR count). The molecule has 17 heavy (non-hydrogen) atoms. The third kappa shape index (κ3) is 3.01. The molecule has 3 N–H and O–H groups in total. The van der Waals surface area contributed by atoms with Gasteiger partial charge in [-0.2, -0.15) is 0 Å². The summed E-state index contributed by atoms with van der Waals surface area (Å²) >= 11 is 1.52. The molecule has 1 amide bonds. The third-order valence-corrected chi connectivity index (χ3v) is 3.04. The highest BCUT2D eigenvalue weighted by atomic mass is 32.1. The number of aryl methyl sites for hydroxylation is 1. The van der Waals surface area contributed by atoms with E-state index < -0.39 is 0 Å². The van der Waals surface area contributed by atoms with Gasteiger partial charge < -0.3 is 11.1 Å². The van der Waals surface area contributed by atoms with Crippen LogP contribution in [0.2, 0.25) is 0 Å². The molecular weight excluding hydrogens is 236 g/mol. The number of nitrogens with two attached hydrogens (primary N) is 1. The van der Waals surface area contributed by atoms with Gasteiger partial charge in [-0.15, -0.1) is 11.3 Å². The van der Waals surface area contributed by atoms with Crippen molar-refractivity contribution in [2.75, 3.05) is 5.73 Å². The van der Waals surface area contributed by atoms with E-state index in [2.05, 4.69) is 15.3 Å². The van der Waals surface area contributed by atoms with Crippen LogP contribution in [0.15, 0.2) is 23.6 Å². The maximum Gasteiger partial charge on any atom is 0.270 e. The van der Waals surface area contributed by atoms with Crippen LogP contribution in [0.5, 0.6) is 0 Å². The van der Waals surface area contributed by atoms with Crippen LogP contribution in [-0.4, -0.2) is 15.9 Å². The second-order valence-corrected chi connectivity index (χ2v) is 4.46. The standard InChI is InChI=1S/C11H12N4OS/c1-7-6-17-10(14-7)5-13-11(16)8-3-2-4-9(12)15-8/h2-4,6H,5H2,1H3,(H2,12,15)(H,13,16). The average Bonchev–Trinajstić information content (AvgIpc) is 2.72. The summed E-state index contributed by atoms with van der Waals surface area (Å²) in [5.41, 5.74) is 6.78. The average molecular weight is 248 g/mol. The number of aromatic nitrogens is 2. The van der Waals surface area contributed by atoms with Crippen molar-refractivity contribution in [2.24, 2.45) is 0 Å². The van der Waals surface area contributed by atoms with Gasteiger partial charge in [0.05, 0.1) is 6.54 Å². The number of nitrogens with zero attached hydrogens (tertiary/aromatic N) is 2. The van der Waals surface area contributed by atoms with Gasteiger partial charge in [0.1, 0.15) is 16.5 Å². The van der Waals surface area contributed by atoms with E-state index in [4.69, 9.17) is 5.73 Å². The first-order chi connectivity index (χ1) is 8.15. The van der Waals surface area contributed by atoms with Crippen molar-refractivity contribution in [1.29, 1.82) is 0 Å². The highest BCUT2D eigenvalue weighted by molar-refractivity contribution is 7.09. The van der Waals surface area contributed by atoms with Crippen molar-refractivity contribution < 1.29 is 4.79 Å². The maximum absolute atomic E-state index is 11.7. The lowest BCUT2D eigenvalue weighted by atomic mass is 10.3. The molecule has 0 atom stereocenters. The molecule has 0 aliphatic rings. The summed E-state index contributed by atoms with van der Waals surface area (Å²) in [6, 6.07) is 4.96. The van der Waals surface area contributed by atoms with Crippen molar-refractivity contribution in [3.63, 3.8) is 0 Å². The Balaban J connectivity index is 1.98. The third-order valence-electron chi connectivity index (χ3n) is 2.07. The number of pyridine rings is 1. The number of nitrogens with one attached hydrogen (secondary N) is 1. The van der Waals surface area contributed by atoms with E-state index in [0.29, 0.717) is 18.1 Å². The molecule has 6 heteroatoms. The van der Waals surface area contributed by atoms with Gasteiger partial charge in [-0.3, -0.25) is 4.79 Å². The number of amides is 1. The predicted octanol–water partition coefficient (Wildman–Crippen LogP) is 1.36. The Bertz CT molecular complexity index is 538. The van der Waals surface area contributed by atoms with E-state index in [1.54, 1.807) is 18.2 Å². The Morgan fingerprint density at radius 2 is 2.29 bits per heavy atom. The van der Waals surface area contributed by atoms with E-state index >= 15 is 0 Å². The molecule has 0 unspecified atom stereocenters. The normalized spacial score (nSPS) is 10.2. The zero-order valence-corrected chi connectivity index (χ0v) is 10.1. The molecule has 2 aromatic heterocycles. The van der Waals surface area contributed by atoms with Crippen LogP contribution in [-0.2, 0) is 6.54 Å². The number of anilines is 1. The number of thiazole rings is 1. The number of rotatable bonds is 3. The van der Waals surface area contributed by atoms with Gasteiger partial charge in [0, 0.05) is 11.1 Å². The first kappa shape index (κ1) is 11.5. The fraction of sp³-hybridized carbons (Fsp3) is 0.182. The van der Waals surface area contributed by atoms with Gasteiger partial charge in [-0.05, 0) is 19.1 Å². The zero-order valence-electron chi connectivity index (χ0n) is 9.30. The minimum Gasteiger partial charge on any atom is -0.384 e. The Morgan fingerprint density at radius 3 is 2.94 bits per heavy atom. The molecule has 0 saturated carbocycles. The van der Waals surface area contributed by atoms with Crippen molar-refractivity contribution in [1.82, 2.24) is 15.3 Å². The van der Waals surface area contributed by atoms with E-state index in [1.807, 2.05) is 12.3 Å². The lowest BCUT2D eigenvalue weighted by Crippen LogP contribution is -2.23. The maximum atomic E-state index is 11.7. The van der Waals surface area contributed by atoms with Gasteiger partial charge in [-0.1, -0.05) is 6.07 Å². The van der Waals surface area contributed by atoms with Crippen LogP contribution in [0.1, 0.15) is 21.2 Å². The Labute approximate surface area is 103 Å². The van der Waals surface area contributed by atoms with Crippen LogP contribution in [0.4, 0.5) is 5.82 Å². The summed E-state index contributed by atoms with van der Waals surface area (Å²) in [7, 11) is 0. The Kier molecular flexibility index (Phi) is 3.34.